The molecular formula is C18H14Cl2FN3. The van der Waals surface area contributed by atoms with Gasteiger partial charge in [-0.05, 0) is 36.8 Å². The van der Waals surface area contributed by atoms with Crippen LogP contribution in [0.4, 0.5) is 10.3 Å². The van der Waals surface area contributed by atoms with Gasteiger partial charge in [0.15, 0.2) is 0 Å². The van der Waals surface area contributed by atoms with Crippen LogP contribution in [0, 0.1) is 5.82 Å². The molecule has 0 saturated carbocycles. The van der Waals surface area contributed by atoms with Crippen molar-refractivity contribution in [3.05, 3.63) is 70.1 Å². The first-order valence-corrected chi connectivity index (χ1v) is 8.15. The second-order valence-corrected chi connectivity index (χ2v) is 5.93. The van der Waals surface area contributed by atoms with Crippen LogP contribution in [0.25, 0.3) is 11.3 Å². The summed E-state index contributed by atoms with van der Waals surface area (Å²) in [5, 5.41) is 0.986. The summed E-state index contributed by atoms with van der Waals surface area (Å²) in [5.41, 5.74) is 2.15. The average Bonchev–Trinajstić information content (AvgIpc) is 2.98. The van der Waals surface area contributed by atoms with E-state index in [9.17, 15) is 4.39 Å². The number of halogens is 3. The van der Waals surface area contributed by atoms with Crippen LogP contribution in [0.15, 0.2) is 53.7 Å². The molecule has 0 spiro atoms. The van der Waals surface area contributed by atoms with Gasteiger partial charge in [0.1, 0.15) is 5.82 Å². The van der Waals surface area contributed by atoms with E-state index in [1.54, 1.807) is 18.3 Å². The Morgan fingerprint density at radius 3 is 2.58 bits per heavy atom. The molecule has 0 aliphatic carbocycles. The Balaban J connectivity index is 1.98. The number of rotatable bonds is 4. The van der Waals surface area contributed by atoms with Gasteiger partial charge in [0.05, 0.1) is 16.9 Å². The molecular weight excluding hydrogens is 348 g/mol. The molecule has 24 heavy (non-hydrogen) atoms. The van der Waals surface area contributed by atoms with E-state index in [1.165, 1.54) is 12.3 Å². The topological polar surface area (TPSA) is 30.2 Å². The van der Waals surface area contributed by atoms with E-state index >= 15 is 0 Å². The van der Waals surface area contributed by atoms with Crippen molar-refractivity contribution in [2.75, 3.05) is 0 Å². The van der Waals surface area contributed by atoms with Crippen molar-refractivity contribution in [2.45, 2.75) is 13.5 Å². The minimum absolute atomic E-state index is 0.248. The van der Waals surface area contributed by atoms with Crippen molar-refractivity contribution in [3.63, 3.8) is 0 Å². The fourth-order valence-corrected chi connectivity index (χ4v) is 2.73. The normalized spacial score (nSPS) is 11.3. The molecule has 3 nitrogen and oxygen atoms in total. The summed E-state index contributed by atoms with van der Waals surface area (Å²) in [6, 6.07) is 12.0. The third-order valence-electron chi connectivity index (χ3n) is 3.60. The molecule has 0 N–H and O–H groups in total. The van der Waals surface area contributed by atoms with Crippen LogP contribution >= 0.6 is 23.2 Å². The van der Waals surface area contributed by atoms with E-state index < -0.39 is 5.82 Å². The molecule has 6 heteroatoms. The summed E-state index contributed by atoms with van der Waals surface area (Å²) in [4.78, 5) is 8.64. The highest BCUT2D eigenvalue weighted by Gasteiger charge is 2.10. The molecule has 0 fully saturated rings. The predicted octanol–water partition coefficient (Wildman–Crippen LogP) is 5.77. The third-order valence-corrected chi connectivity index (χ3v) is 4.18. The van der Waals surface area contributed by atoms with Crippen LogP contribution in [-0.2, 0) is 6.54 Å². The lowest BCUT2D eigenvalue weighted by Crippen LogP contribution is -1.97. The molecule has 0 amide bonds. The van der Waals surface area contributed by atoms with Crippen LogP contribution in [0.3, 0.4) is 0 Å². The minimum atomic E-state index is -0.418. The zero-order valence-electron chi connectivity index (χ0n) is 12.9. The van der Waals surface area contributed by atoms with E-state index in [0.717, 1.165) is 11.3 Å². The molecule has 3 rings (SSSR count). The Bertz CT molecular complexity index is 866. The van der Waals surface area contributed by atoms with Crippen LogP contribution in [0.5, 0.6) is 0 Å². The van der Waals surface area contributed by atoms with Gasteiger partial charge in [0.2, 0.25) is 5.95 Å². The Kier molecular flexibility index (Phi) is 4.97. The summed E-state index contributed by atoms with van der Waals surface area (Å²) >= 11 is 11.9. The molecule has 122 valence electrons. The van der Waals surface area contributed by atoms with Gasteiger partial charge in [-0.15, -0.1) is 0 Å². The van der Waals surface area contributed by atoms with Gasteiger partial charge in [0, 0.05) is 23.3 Å². The van der Waals surface area contributed by atoms with E-state index in [-0.39, 0.29) is 5.56 Å². The van der Waals surface area contributed by atoms with E-state index in [4.69, 9.17) is 23.2 Å². The van der Waals surface area contributed by atoms with Crippen LogP contribution in [-0.4, -0.2) is 15.8 Å². The number of benzene rings is 2. The van der Waals surface area contributed by atoms with E-state index in [0.29, 0.717) is 22.5 Å². The minimum Gasteiger partial charge on any atom is -0.309 e. The lowest BCUT2D eigenvalue weighted by Gasteiger charge is -2.07. The largest absolute Gasteiger partial charge is 0.309 e. The predicted molar refractivity (Wildman–Crippen MR) is 97.0 cm³/mol. The number of nitrogens with zero attached hydrogens (tertiary/aromatic N) is 3. The summed E-state index contributed by atoms with van der Waals surface area (Å²) in [6.07, 6.45) is 3.14. The SMILES string of the molecule is CCn1c(-c2ccc(Cl)cc2)cnc1N=Cc1c(F)cccc1Cl. The quantitative estimate of drug-likeness (QED) is 0.542. The highest BCUT2D eigenvalue weighted by Crippen LogP contribution is 2.26. The zero-order valence-corrected chi connectivity index (χ0v) is 14.4. The van der Waals surface area contributed by atoms with Crippen molar-refractivity contribution >= 4 is 35.4 Å². The summed E-state index contributed by atoms with van der Waals surface area (Å²) in [5.74, 6) is 0.0700. The smallest absolute Gasteiger partial charge is 0.229 e. The Hall–Kier alpha value is -2.17. The second-order valence-electron chi connectivity index (χ2n) is 5.09. The lowest BCUT2D eigenvalue weighted by atomic mass is 10.2. The van der Waals surface area contributed by atoms with Gasteiger partial charge >= 0.3 is 0 Å². The van der Waals surface area contributed by atoms with Gasteiger partial charge in [-0.1, -0.05) is 41.4 Å². The van der Waals surface area contributed by atoms with Crippen LogP contribution < -0.4 is 0 Å². The first-order chi connectivity index (χ1) is 11.6. The van der Waals surface area contributed by atoms with Gasteiger partial charge < -0.3 is 4.57 Å². The molecule has 0 aliphatic rings. The highest BCUT2D eigenvalue weighted by molar-refractivity contribution is 6.33. The molecule has 1 heterocycles. The second kappa shape index (κ2) is 7.16. The first kappa shape index (κ1) is 16.7. The average molecular weight is 362 g/mol. The molecule has 0 atom stereocenters. The van der Waals surface area contributed by atoms with Crippen molar-refractivity contribution in [1.29, 1.82) is 0 Å². The van der Waals surface area contributed by atoms with E-state index in [2.05, 4.69) is 9.98 Å². The molecule has 0 unspecified atom stereocenters. The standard InChI is InChI=1S/C18H14Cl2FN3/c1-2-24-17(12-6-8-13(19)9-7-12)11-23-18(24)22-10-14-15(20)4-3-5-16(14)21/h3-11H,2H2,1H3. The molecule has 1 aromatic heterocycles. The molecule has 3 aromatic rings. The fraction of sp³-hybridized carbons (Fsp3) is 0.111. The summed E-state index contributed by atoms with van der Waals surface area (Å²) in [6.45, 7) is 2.67. The number of hydrogen-bond donors (Lipinski definition) is 0. The number of aliphatic imine (C=N–C) groups is 1. The van der Waals surface area contributed by atoms with Crippen molar-refractivity contribution in [3.8, 4) is 11.3 Å². The monoisotopic (exact) mass is 361 g/mol. The zero-order chi connectivity index (χ0) is 17.1. The summed E-state index contributed by atoms with van der Waals surface area (Å²) in [7, 11) is 0. The van der Waals surface area contributed by atoms with Crippen LogP contribution in [0.1, 0.15) is 12.5 Å². The van der Waals surface area contributed by atoms with Crippen molar-refractivity contribution in [1.82, 2.24) is 9.55 Å². The Morgan fingerprint density at radius 1 is 1.17 bits per heavy atom. The maximum absolute atomic E-state index is 13.8. The number of aromatic nitrogens is 2. The van der Waals surface area contributed by atoms with Gasteiger partial charge in [0.25, 0.3) is 0 Å². The third kappa shape index (κ3) is 3.35. The Labute approximate surface area is 149 Å². The number of hydrogen-bond acceptors (Lipinski definition) is 2. The first-order valence-electron chi connectivity index (χ1n) is 7.39. The molecule has 0 radical (unpaired) electrons. The molecule has 2 aromatic carbocycles. The maximum atomic E-state index is 13.8. The van der Waals surface area contributed by atoms with E-state index in [1.807, 2.05) is 35.8 Å². The lowest BCUT2D eigenvalue weighted by molar-refractivity contribution is 0.626. The van der Waals surface area contributed by atoms with Gasteiger partial charge in [-0.2, -0.15) is 0 Å². The summed E-state index contributed by atoms with van der Waals surface area (Å²) < 4.78 is 15.8. The number of imidazole rings is 1. The highest BCUT2D eigenvalue weighted by atomic mass is 35.5. The van der Waals surface area contributed by atoms with Crippen molar-refractivity contribution in [2.24, 2.45) is 4.99 Å². The molecule has 0 bridgehead atoms. The van der Waals surface area contributed by atoms with Gasteiger partial charge in [-0.3, -0.25) is 0 Å². The van der Waals surface area contributed by atoms with Crippen molar-refractivity contribution < 1.29 is 4.39 Å². The molecule has 0 aliphatic heterocycles. The molecule has 0 saturated heterocycles. The fourth-order valence-electron chi connectivity index (χ4n) is 2.39. The Morgan fingerprint density at radius 2 is 1.92 bits per heavy atom. The van der Waals surface area contributed by atoms with Crippen LogP contribution in [0.2, 0.25) is 10.0 Å². The maximum Gasteiger partial charge on any atom is 0.229 e. The van der Waals surface area contributed by atoms with Gasteiger partial charge in [-0.25, -0.2) is 14.4 Å².